The second kappa shape index (κ2) is 7.14. The van der Waals surface area contributed by atoms with E-state index < -0.39 is 29.5 Å². The Labute approximate surface area is 127 Å². The van der Waals surface area contributed by atoms with Crippen molar-refractivity contribution in [1.29, 1.82) is 0 Å². The van der Waals surface area contributed by atoms with Crippen molar-refractivity contribution < 1.29 is 18.0 Å². The van der Waals surface area contributed by atoms with Crippen molar-refractivity contribution in [2.45, 2.75) is 64.1 Å². The van der Waals surface area contributed by atoms with Gasteiger partial charge in [-0.3, -0.25) is 4.79 Å². The van der Waals surface area contributed by atoms with Gasteiger partial charge in [-0.05, 0) is 25.7 Å². The Kier molecular flexibility index (Phi) is 6.35. The summed E-state index contributed by atoms with van der Waals surface area (Å²) in [7, 11) is 0. The van der Waals surface area contributed by atoms with Crippen molar-refractivity contribution in [1.82, 2.24) is 5.32 Å². The lowest BCUT2D eigenvalue weighted by atomic mass is 9.77. The molecule has 0 aromatic heterocycles. The van der Waals surface area contributed by atoms with Gasteiger partial charge in [-0.1, -0.05) is 42.6 Å². The third-order valence-electron chi connectivity index (χ3n) is 4.52. The van der Waals surface area contributed by atoms with Gasteiger partial charge in [0.05, 0.1) is 5.92 Å². The number of rotatable bonds is 5. The fraction of sp³-hybridized carbons (Fsp3) is 0.929. The molecule has 1 aliphatic rings. The number of hydrogen-bond acceptors (Lipinski definition) is 1. The Morgan fingerprint density at radius 2 is 1.75 bits per heavy atom. The summed E-state index contributed by atoms with van der Waals surface area (Å²) in [6.45, 7) is 3.88. The molecule has 118 valence electrons. The maximum absolute atomic E-state index is 13.0. The van der Waals surface area contributed by atoms with Crippen molar-refractivity contribution >= 4 is 21.8 Å². The highest BCUT2D eigenvalue weighted by molar-refractivity contribution is 9.09. The fourth-order valence-electron chi connectivity index (χ4n) is 2.84. The number of carbonyl (C=O) groups is 1. The van der Waals surface area contributed by atoms with Crippen molar-refractivity contribution in [2.75, 3.05) is 5.33 Å². The lowest BCUT2D eigenvalue weighted by molar-refractivity contribution is -0.198. The van der Waals surface area contributed by atoms with Crippen LogP contribution in [-0.2, 0) is 4.79 Å². The van der Waals surface area contributed by atoms with Gasteiger partial charge >= 0.3 is 6.18 Å². The molecule has 0 spiro atoms. The van der Waals surface area contributed by atoms with Crippen LogP contribution in [-0.4, -0.2) is 23.0 Å². The minimum atomic E-state index is -4.28. The summed E-state index contributed by atoms with van der Waals surface area (Å²) in [5.74, 6) is -2.85. The number of carbonyl (C=O) groups excluding carboxylic acids is 1. The van der Waals surface area contributed by atoms with Crippen molar-refractivity contribution in [3.8, 4) is 0 Å². The average molecular weight is 358 g/mol. The van der Waals surface area contributed by atoms with Gasteiger partial charge in [0.15, 0.2) is 0 Å². The molecule has 0 aromatic rings. The van der Waals surface area contributed by atoms with E-state index >= 15 is 0 Å². The lowest BCUT2D eigenvalue weighted by Gasteiger charge is -2.37. The molecule has 1 amide bonds. The Hall–Kier alpha value is -0.260. The normalized spacial score (nSPS) is 24.5. The van der Waals surface area contributed by atoms with E-state index in [0.29, 0.717) is 37.4 Å². The third kappa shape index (κ3) is 4.12. The first-order valence-corrected chi connectivity index (χ1v) is 8.36. The summed E-state index contributed by atoms with van der Waals surface area (Å²) in [5.41, 5.74) is -0.440. The second-order valence-corrected chi connectivity index (χ2v) is 6.21. The molecule has 0 aromatic carbocycles. The topological polar surface area (TPSA) is 29.1 Å². The zero-order chi connectivity index (χ0) is 15.4. The molecule has 0 bridgehead atoms. The van der Waals surface area contributed by atoms with Crippen LogP contribution in [0, 0.1) is 11.8 Å². The summed E-state index contributed by atoms with van der Waals surface area (Å²) >= 11 is 3.36. The molecule has 2 nitrogen and oxygen atoms in total. The molecule has 0 radical (unpaired) electrons. The molecule has 1 fully saturated rings. The smallest absolute Gasteiger partial charge is 0.350 e. The van der Waals surface area contributed by atoms with Gasteiger partial charge in [0.1, 0.15) is 0 Å². The van der Waals surface area contributed by atoms with Gasteiger partial charge in [-0.25, -0.2) is 0 Å². The molecule has 1 rings (SSSR count). The van der Waals surface area contributed by atoms with Gasteiger partial charge in [-0.15, -0.1) is 0 Å². The summed E-state index contributed by atoms with van der Waals surface area (Å²) in [4.78, 5) is 12.3. The highest BCUT2D eigenvalue weighted by atomic mass is 79.9. The van der Waals surface area contributed by atoms with Crippen LogP contribution in [0.25, 0.3) is 0 Å². The number of nitrogens with one attached hydrogen (secondary N) is 1. The first-order chi connectivity index (χ1) is 9.29. The molecule has 2 unspecified atom stereocenters. The second-order valence-electron chi connectivity index (χ2n) is 5.65. The Morgan fingerprint density at radius 1 is 1.20 bits per heavy atom. The van der Waals surface area contributed by atoms with Crippen molar-refractivity contribution in [3.05, 3.63) is 0 Å². The van der Waals surface area contributed by atoms with Crippen LogP contribution in [0.15, 0.2) is 0 Å². The Balaban J connectivity index is 2.83. The van der Waals surface area contributed by atoms with E-state index in [2.05, 4.69) is 21.2 Å². The van der Waals surface area contributed by atoms with E-state index in [9.17, 15) is 18.0 Å². The predicted molar refractivity (Wildman–Crippen MR) is 76.8 cm³/mol. The number of alkyl halides is 4. The van der Waals surface area contributed by atoms with Gasteiger partial charge < -0.3 is 5.32 Å². The summed E-state index contributed by atoms with van der Waals surface area (Å²) < 4.78 is 39.1. The highest BCUT2D eigenvalue weighted by Crippen LogP contribution is 2.41. The minimum absolute atomic E-state index is 0.0706. The van der Waals surface area contributed by atoms with E-state index in [1.165, 1.54) is 0 Å². The van der Waals surface area contributed by atoms with Crippen LogP contribution in [0.2, 0.25) is 0 Å². The molecular weight excluding hydrogens is 335 g/mol. The zero-order valence-corrected chi connectivity index (χ0v) is 13.6. The van der Waals surface area contributed by atoms with Gasteiger partial charge in [0.2, 0.25) is 5.91 Å². The molecule has 0 aliphatic heterocycles. The van der Waals surface area contributed by atoms with Gasteiger partial charge in [0.25, 0.3) is 0 Å². The minimum Gasteiger partial charge on any atom is -0.350 e. The molecule has 1 N–H and O–H groups in total. The van der Waals surface area contributed by atoms with E-state index in [1.807, 2.05) is 13.8 Å². The van der Waals surface area contributed by atoms with Crippen molar-refractivity contribution in [2.24, 2.45) is 11.8 Å². The van der Waals surface area contributed by atoms with E-state index in [-0.39, 0.29) is 6.42 Å². The summed E-state index contributed by atoms with van der Waals surface area (Å²) in [6.07, 6.45) is -1.22. The van der Waals surface area contributed by atoms with Crippen LogP contribution >= 0.6 is 15.9 Å². The molecule has 0 heterocycles. The zero-order valence-electron chi connectivity index (χ0n) is 12.0. The van der Waals surface area contributed by atoms with Crippen molar-refractivity contribution in [3.63, 3.8) is 0 Å². The van der Waals surface area contributed by atoms with Crippen LogP contribution in [0.5, 0.6) is 0 Å². The SMILES string of the molecule is CCC(CC)(CBr)NC(=O)C1CCCCC1C(F)(F)F. The summed E-state index contributed by atoms with van der Waals surface area (Å²) in [6, 6.07) is 0. The van der Waals surface area contributed by atoms with Crippen LogP contribution < -0.4 is 5.32 Å². The fourth-order valence-corrected chi connectivity index (χ4v) is 3.77. The largest absolute Gasteiger partial charge is 0.392 e. The molecule has 1 aliphatic carbocycles. The molecule has 0 saturated heterocycles. The van der Waals surface area contributed by atoms with E-state index in [4.69, 9.17) is 0 Å². The predicted octanol–water partition coefficient (Wildman–Crippen LogP) is 4.43. The molecule has 6 heteroatoms. The number of halogens is 4. The van der Waals surface area contributed by atoms with Crippen LogP contribution in [0.1, 0.15) is 52.4 Å². The maximum atomic E-state index is 13.0. The quantitative estimate of drug-likeness (QED) is 0.724. The lowest BCUT2D eigenvalue weighted by Crippen LogP contribution is -2.53. The molecule has 20 heavy (non-hydrogen) atoms. The first kappa shape index (κ1) is 17.8. The third-order valence-corrected chi connectivity index (χ3v) is 5.59. The van der Waals surface area contributed by atoms with Gasteiger partial charge in [-0.2, -0.15) is 13.2 Å². The van der Waals surface area contributed by atoms with Crippen LogP contribution in [0.4, 0.5) is 13.2 Å². The van der Waals surface area contributed by atoms with Crippen LogP contribution in [0.3, 0.4) is 0 Å². The molecule has 1 saturated carbocycles. The molecule has 2 atom stereocenters. The monoisotopic (exact) mass is 357 g/mol. The summed E-state index contributed by atoms with van der Waals surface area (Å²) in [5, 5.41) is 3.42. The van der Waals surface area contributed by atoms with Gasteiger partial charge in [0, 0.05) is 16.8 Å². The average Bonchev–Trinajstić information content (AvgIpc) is 2.44. The Bertz CT molecular complexity index is 321. The first-order valence-electron chi connectivity index (χ1n) is 7.24. The standard InChI is InChI=1S/C14H23BrF3NO/c1-3-13(4-2,9-15)19-12(20)10-7-5-6-8-11(10)14(16,17)18/h10-11H,3-9H2,1-2H3,(H,19,20). The number of amides is 1. The van der Waals surface area contributed by atoms with E-state index in [1.54, 1.807) is 0 Å². The maximum Gasteiger partial charge on any atom is 0.392 e. The molecular formula is C14H23BrF3NO. The van der Waals surface area contributed by atoms with E-state index in [0.717, 1.165) is 0 Å². The highest BCUT2D eigenvalue weighted by Gasteiger charge is 2.48. The number of hydrogen-bond donors (Lipinski definition) is 1. The Morgan fingerprint density at radius 3 is 2.20 bits per heavy atom.